The lowest BCUT2D eigenvalue weighted by Crippen LogP contribution is -2.40. The normalized spacial score (nSPS) is 18.4. The van der Waals surface area contributed by atoms with Crippen molar-refractivity contribution >= 4 is 39.8 Å². The summed E-state index contributed by atoms with van der Waals surface area (Å²) in [5, 5.41) is 12.9. The standard InChI is InChI=1S/C16H25N3O3S.HI/c1-3-17-16(19-9-8-15(20)11-19)18-10-13-4-6-14(7-5-13)12-23(2,21)22;/h4-7,15,20H,3,8-12H2,1-2H3,(H,17,18);1H/t15-;/m1./s1. The van der Waals surface area contributed by atoms with Crippen molar-refractivity contribution in [3.63, 3.8) is 0 Å². The third kappa shape index (κ3) is 6.94. The SMILES string of the molecule is CCNC(=NCc1ccc(CS(C)(=O)=O)cc1)N1CC[C@@H](O)C1.I. The fraction of sp³-hybridized carbons (Fsp3) is 0.562. The molecule has 8 heteroatoms. The van der Waals surface area contributed by atoms with E-state index in [9.17, 15) is 13.5 Å². The van der Waals surface area contributed by atoms with Gasteiger partial charge in [0.2, 0.25) is 0 Å². The van der Waals surface area contributed by atoms with Crippen molar-refractivity contribution in [2.75, 3.05) is 25.9 Å². The molecular formula is C16H26IN3O3S. The van der Waals surface area contributed by atoms with Crippen molar-refractivity contribution < 1.29 is 13.5 Å². The Labute approximate surface area is 161 Å². The Bertz CT molecular complexity index is 647. The van der Waals surface area contributed by atoms with Crippen LogP contribution >= 0.6 is 24.0 Å². The van der Waals surface area contributed by atoms with Crippen molar-refractivity contribution in [1.82, 2.24) is 10.2 Å². The van der Waals surface area contributed by atoms with E-state index in [2.05, 4.69) is 15.2 Å². The van der Waals surface area contributed by atoms with Gasteiger partial charge < -0.3 is 15.3 Å². The lowest BCUT2D eigenvalue weighted by atomic mass is 10.1. The van der Waals surface area contributed by atoms with E-state index in [1.165, 1.54) is 6.26 Å². The summed E-state index contributed by atoms with van der Waals surface area (Å²) in [5.41, 5.74) is 1.81. The molecule has 1 aromatic rings. The molecule has 1 heterocycles. The van der Waals surface area contributed by atoms with E-state index in [1.807, 2.05) is 31.2 Å². The van der Waals surface area contributed by atoms with Gasteiger partial charge in [0.1, 0.15) is 0 Å². The molecule has 1 aromatic carbocycles. The van der Waals surface area contributed by atoms with Crippen LogP contribution in [0.25, 0.3) is 0 Å². The second kappa shape index (κ2) is 9.57. The number of halogens is 1. The molecule has 1 aliphatic heterocycles. The van der Waals surface area contributed by atoms with Gasteiger partial charge >= 0.3 is 0 Å². The molecule has 0 spiro atoms. The van der Waals surface area contributed by atoms with Gasteiger partial charge in [0.15, 0.2) is 15.8 Å². The maximum absolute atomic E-state index is 11.3. The number of likely N-dealkylation sites (tertiary alicyclic amines) is 1. The summed E-state index contributed by atoms with van der Waals surface area (Å²) >= 11 is 0. The van der Waals surface area contributed by atoms with Crippen LogP contribution in [0.3, 0.4) is 0 Å². The summed E-state index contributed by atoms with van der Waals surface area (Å²) in [4.78, 5) is 6.67. The maximum atomic E-state index is 11.3. The molecule has 1 saturated heterocycles. The predicted octanol–water partition coefficient (Wildman–Crippen LogP) is 1.38. The number of aliphatic imine (C=N–C) groups is 1. The van der Waals surface area contributed by atoms with Crippen LogP contribution in [-0.2, 0) is 22.1 Å². The first-order valence-electron chi connectivity index (χ1n) is 7.84. The molecule has 0 aliphatic carbocycles. The highest BCUT2D eigenvalue weighted by atomic mass is 127. The number of aliphatic hydroxyl groups excluding tert-OH is 1. The minimum absolute atomic E-state index is 0. The van der Waals surface area contributed by atoms with Gasteiger partial charge in [-0.25, -0.2) is 13.4 Å². The molecule has 0 aromatic heterocycles. The van der Waals surface area contributed by atoms with Gasteiger partial charge in [-0.3, -0.25) is 0 Å². The van der Waals surface area contributed by atoms with Crippen LogP contribution in [0.5, 0.6) is 0 Å². The van der Waals surface area contributed by atoms with Gasteiger partial charge in [0.25, 0.3) is 0 Å². The van der Waals surface area contributed by atoms with Crippen LogP contribution < -0.4 is 5.32 Å². The second-order valence-electron chi connectivity index (χ2n) is 5.95. The molecule has 6 nitrogen and oxygen atoms in total. The number of nitrogens with one attached hydrogen (secondary N) is 1. The molecule has 0 radical (unpaired) electrons. The van der Waals surface area contributed by atoms with E-state index in [4.69, 9.17) is 0 Å². The quantitative estimate of drug-likeness (QED) is 0.389. The summed E-state index contributed by atoms with van der Waals surface area (Å²) in [5.74, 6) is 0.870. The van der Waals surface area contributed by atoms with Gasteiger partial charge in [0.05, 0.1) is 18.4 Å². The lowest BCUT2D eigenvalue weighted by molar-refractivity contribution is 0.188. The Hall–Kier alpha value is -0.870. The number of sulfone groups is 1. The van der Waals surface area contributed by atoms with Crippen molar-refractivity contribution in [3.8, 4) is 0 Å². The molecule has 0 amide bonds. The molecule has 2 N–H and O–H groups in total. The second-order valence-corrected chi connectivity index (χ2v) is 8.09. The molecule has 1 fully saturated rings. The first-order valence-corrected chi connectivity index (χ1v) is 9.90. The van der Waals surface area contributed by atoms with Crippen molar-refractivity contribution in [2.45, 2.75) is 31.7 Å². The van der Waals surface area contributed by atoms with Crippen LogP contribution in [-0.4, -0.2) is 56.4 Å². The van der Waals surface area contributed by atoms with Crippen molar-refractivity contribution in [2.24, 2.45) is 4.99 Å². The average molecular weight is 467 g/mol. The molecule has 24 heavy (non-hydrogen) atoms. The number of hydrogen-bond acceptors (Lipinski definition) is 4. The van der Waals surface area contributed by atoms with Gasteiger partial charge in [-0.2, -0.15) is 0 Å². The largest absolute Gasteiger partial charge is 0.391 e. The lowest BCUT2D eigenvalue weighted by Gasteiger charge is -2.20. The Kier molecular flexibility index (Phi) is 8.44. The summed E-state index contributed by atoms with van der Waals surface area (Å²) in [6.45, 7) is 4.73. The van der Waals surface area contributed by atoms with E-state index in [1.54, 1.807) is 0 Å². The highest BCUT2D eigenvalue weighted by Gasteiger charge is 2.22. The highest BCUT2D eigenvalue weighted by Crippen LogP contribution is 2.11. The van der Waals surface area contributed by atoms with Gasteiger partial charge in [0, 0.05) is 25.9 Å². The summed E-state index contributed by atoms with van der Waals surface area (Å²) in [6.07, 6.45) is 1.72. The number of benzene rings is 1. The molecule has 2 rings (SSSR count). The van der Waals surface area contributed by atoms with E-state index in [0.717, 1.165) is 36.6 Å². The molecule has 1 aliphatic rings. The molecule has 1 atom stereocenters. The minimum Gasteiger partial charge on any atom is -0.391 e. The van der Waals surface area contributed by atoms with Crippen LogP contribution in [0.2, 0.25) is 0 Å². The Morgan fingerprint density at radius 1 is 1.33 bits per heavy atom. The zero-order chi connectivity index (χ0) is 16.9. The van der Waals surface area contributed by atoms with Crippen LogP contribution in [0.4, 0.5) is 0 Å². The number of nitrogens with zero attached hydrogens (tertiary/aromatic N) is 2. The topological polar surface area (TPSA) is 82.0 Å². The minimum atomic E-state index is -3.01. The van der Waals surface area contributed by atoms with Crippen molar-refractivity contribution in [1.29, 1.82) is 0 Å². The first-order chi connectivity index (χ1) is 10.9. The first kappa shape index (κ1) is 21.2. The smallest absolute Gasteiger partial charge is 0.194 e. The van der Waals surface area contributed by atoms with E-state index in [-0.39, 0.29) is 35.8 Å². The molecule has 0 bridgehead atoms. The Balaban J connectivity index is 0.00000288. The number of rotatable bonds is 5. The molecule has 136 valence electrons. The summed E-state index contributed by atoms with van der Waals surface area (Å²) < 4.78 is 22.6. The number of hydrogen-bond donors (Lipinski definition) is 2. The van der Waals surface area contributed by atoms with Crippen LogP contribution in [0.1, 0.15) is 24.5 Å². The predicted molar refractivity (Wildman–Crippen MR) is 107 cm³/mol. The Morgan fingerprint density at radius 3 is 2.46 bits per heavy atom. The number of β-amino-alcohol motifs (C(OH)–C–C–N with tert-alkyl or cyclic N) is 1. The number of aliphatic hydroxyl groups is 1. The fourth-order valence-corrected chi connectivity index (χ4v) is 3.37. The van der Waals surface area contributed by atoms with Crippen LogP contribution in [0.15, 0.2) is 29.3 Å². The van der Waals surface area contributed by atoms with Crippen LogP contribution in [0, 0.1) is 0 Å². The van der Waals surface area contributed by atoms with Gasteiger partial charge in [-0.05, 0) is 24.5 Å². The van der Waals surface area contributed by atoms with Gasteiger partial charge in [-0.1, -0.05) is 24.3 Å². The zero-order valence-electron chi connectivity index (χ0n) is 14.1. The average Bonchev–Trinajstić information content (AvgIpc) is 2.90. The monoisotopic (exact) mass is 467 g/mol. The van der Waals surface area contributed by atoms with E-state index < -0.39 is 9.84 Å². The third-order valence-corrected chi connectivity index (χ3v) is 4.52. The number of guanidine groups is 1. The molecular weight excluding hydrogens is 441 g/mol. The van der Waals surface area contributed by atoms with Gasteiger partial charge in [-0.15, -0.1) is 24.0 Å². The van der Waals surface area contributed by atoms with Crippen molar-refractivity contribution in [3.05, 3.63) is 35.4 Å². The maximum Gasteiger partial charge on any atom is 0.194 e. The molecule has 0 unspecified atom stereocenters. The highest BCUT2D eigenvalue weighted by molar-refractivity contribution is 14.0. The summed E-state index contributed by atoms with van der Waals surface area (Å²) in [6, 6.07) is 7.48. The molecule has 0 saturated carbocycles. The van der Waals surface area contributed by atoms with E-state index in [0.29, 0.717) is 13.1 Å². The fourth-order valence-electron chi connectivity index (χ4n) is 2.57. The zero-order valence-corrected chi connectivity index (χ0v) is 17.3. The van der Waals surface area contributed by atoms with E-state index >= 15 is 0 Å². The Morgan fingerprint density at radius 2 is 1.96 bits per heavy atom. The summed E-state index contributed by atoms with van der Waals surface area (Å²) in [7, 11) is -3.01. The third-order valence-electron chi connectivity index (χ3n) is 3.66.